The summed E-state index contributed by atoms with van der Waals surface area (Å²) in [4.78, 5) is 43.1. The molecule has 9 heteroatoms. The molecule has 0 aromatic heterocycles. The molecule has 1 rings (SSSR count). The molecule has 0 N–H and O–H groups in total. The van der Waals surface area contributed by atoms with Gasteiger partial charge >= 0.3 is 0 Å². The third-order valence-corrected chi connectivity index (χ3v) is 4.61. The number of nitrogens with zero attached hydrogens (tertiary/aromatic N) is 3. The highest BCUT2D eigenvalue weighted by molar-refractivity contribution is 6.04. The Labute approximate surface area is 178 Å². The molecule has 3 amide bonds. The summed E-state index contributed by atoms with van der Waals surface area (Å²) in [5.41, 5.74) is 0.800. The Morgan fingerprint density at radius 1 is 0.600 bits per heavy atom. The van der Waals surface area contributed by atoms with Crippen LogP contribution in [-0.4, -0.2) is 114 Å². The second kappa shape index (κ2) is 12.9. The van der Waals surface area contributed by atoms with Gasteiger partial charge in [0.2, 0.25) is 0 Å². The van der Waals surface area contributed by atoms with Gasteiger partial charge in [-0.25, -0.2) is 0 Å². The van der Waals surface area contributed by atoms with Gasteiger partial charge in [0.05, 0.1) is 19.8 Å². The number of benzene rings is 1. The Hall–Kier alpha value is -2.49. The maximum atomic E-state index is 12.9. The zero-order chi connectivity index (χ0) is 22.7. The zero-order valence-electron chi connectivity index (χ0n) is 18.8. The van der Waals surface area contributed by atoms with Crippen LogP contribution in [0.15, 0.2) is 18.2 Å². The summed E-state index contributed by atoms with van der Waals surface area (Å²) in [5.74, 6) is -0.889. The minimum atomic E-state index is -0.296. The van der Waals surface area contributed by atoms with Gasteiger partial charge in [0.1, 0.15) is 0 Å². The monoisotopic (exact) mass is 423 g/mol. The van der Waals surface area contributed by atoms with Gasteiger partial charge in [-0.1, -0.05) is 0 Å². The topological polar surface area (TPSA) is 88.6 Å². The van der Waals surface area contributed by atoms with E-state index in [4.69, 9.17) is 14.2 Å². The lowest BCUT2D eigenvalue weighted by Gasteiger charge is -2.21. The number of methoxy groups -OCH3 is 3. The highest BCUT2D eigenvalue weighted by Gasteiger charge is 2.21. The standard InChI is InChI=1S/C21H33N3O6/c1-22(7-10-28-4)19(25)16-13-17(20(26)23(2)8-11-29-5)15-18(14-16)21(27)24(3)9-12-30-6/h13-15H,7-12H2,1-6H3. The molecule has 30 heavy (non-hydrogen) atoms. The Kier molecular flexibility index (Phi) is 11.0. The van der Waals surface area contributed by atoms with Crippen LogP contribution in [0, 0.1) is 0 Å². The number of ether oxygens (including phenoxy) is 3. The van der Waals surface area contributed by atoms with Crippen molar-refractivity contribution < 1.29 is 28.6 Å². The molecule has 0 bridgehead atoms. The van der Waals surface area contributed by atoms with Crippen LogP contribution in [0.5, 0.6) is 0 Å². The number of hydrogen-bond donors (Lipinski definition) is 0. The fourth-order valence-corrected chi connectivity index (χ4v) is 2.65. The van der Waals surface area contributed by atoms with Gasteiger partial charge < -0.3 is 28.9 Å². The van der Waals surface area contributed by atoms with Crippen LogP contribution in [0.2, 0.25) is 0 Å². The van der Waals surface area contributed by atoms with Crippen LogP contribution >= 0.6 is 0 Å². The molecule has 0 unspecified atom stereocenters. The average molecular weight is 424 g/mol. The molecule has 168 valence electrons. The van der Waals surface area contributed by atoms with Gasteiger partial charge in [-0.15, -0.1) is 0 Å². The number of carbonyl (C=O) groups is 3. The molecule has 0 atom stereocenters. The summed E-state index contributed by atoms with van der Waals surface area (Å²) in [7, 11) is 9.60. The van der Waals surface area contributed by atoms with Gasteiger partial charge in [-0.3, -0.25) is 14.4 Å². The molecule has 1 aromatic rings. The number of carbonyl (C=O) groups excluding carboxylic acids is 3. The highest BCUT2D eigenvalue weighted by Crippen LogP contribution is 2.16. The smallest absolute Gasteiger partial charge is 0.253 e. The van der Waals surface area contributed by atoms with Crippen molar-refractivity contribution in [2.45, 2.75) is 0 Å². The fourth-order valence-electron chi connectivity index (χ4n) is 2.65. The molecule has 0 saturated carbocycles. The van der Waals surface area contributed by atoms with Crippen molar-refractivity contribution in [2.24, 2.45) is 0 Å². The first kappa shape index (κ1) is 25.5. The molecule has 0 spiro atoms. The van der Waals surface area contributed by atoms with E-state index >= 15 is 0 Å². The summed E-state index contributed by atoms with van der Waals surface area (Å²) in [6.45, 7) is 2.30. The molecule has 0 saturated heterocycles. The summed E-state index contributed by atoms with van der Waals surface area (Å²) in [6, 6.07) is 4.55. The summed E-state index contributed by atoms with van der Waals surface area (Å²) < 4.78 is 15.1. The van der Waals surface area contributed by atoms with E-state index in [9.17, 15) is 14.4 Å². The van der Waals surface area contributed by atoms with Crippen LogP contribution < -0.4 is 0 Å². The van der Waals surface area contributed by atoms with Crippen molar-refractivity contribution >= 4 is 17.7 Å². The Bertz CT molecular complexity index is 617. The van der Waals surface area contributed by atoms with Crippen molar-refractivity contribution in [1.29, 1.82) is 0 Å². The van der Waals surface area contributed by atoms with Gasteiger partial charge in [-0.2, -0.15) is 0 Å². The predicted octanol–water partition coefficient (Wildman–Crippen LogP) is 0.842. The van der Waals surface area contributed by atoms with Crippen molar-refractivity contribution in [3.8, 4) is 0 Å². The third kappa shape index (κ3) is 7.40. The van der Waals surface area contributed by atoms with Crippen LogP contribution in [0.4, 0.5) is 0 Å². The van der Waals surface area contributed by atoms with E-state index in [1.165, 1.54) is 32.9 Å². The largest absolute Gasteiger partial charge is 0.383 e. The Morgan fingerprint density at radius 2 is 0.833 bits per heavy atom. The highest BCUT2D eigenvalue weighted by atomic mass is 16.5. The first-order chi connectivity index (χ1) is 14.3. The van der Waals surface area contributed by atoms with E-state index in [2.05, 4.69) is 0 Å². The minimum absolute atomic E-state index is 0.267. The molecule has 0 heterocycles. The van der Waals surface area contributed by atoms with Crippen molar-refractivity contribution in [2.75, 3.05) is 81.9 Å². The van der Waals surface area contributed by atoms with Gasteiger partial charge in [-0.05, 0) is 18.2 Å². The Balaban J connectivity index is 3.28. The van der Waals surface area contributed by atoms with Gasteiger partial charge in [0.25, 0.3) is 17.7 Å². The Morgan fingerprint density at radius 3 is 1.03 bits per heavy atom. The fraction of sp³-hybridized carbons (Fsp3) is 0.571. The maximum absolute atomic E-state index is 12.9. The SMILES string of the molecule is COCCN(C)C(=O)c1cc(C(=O)N(C)CCOC)cc(C(=O)N(C)CCOC)c1. The van der Waals surface area contributed by atoms with E-state index in [0.717, 1.165) is 0 Å². The molecule has 0 aliphatic heterocycles. The predicted molar refractivity (Wildman–Crippen MR) is 113 cm³/mol. The molecule has 0 fully saturated rings. The molecule has 1 aromatic carbocycles. The van der Waals surface area contributed by atoms with E-state index in [-0.39, 0.29) is 34.4 Å². The number of hydrogen-bond acceptors (Lipinski definition) is 6. The maximum Gasteiger partial charge on any atom is 0.253 e. The van der Waals surface area contributed by atoms with E-state index in [1.54, 1.807) is 42.5 Å². The second-order valence-corrected chi connectivity index (χ2v) is 6.96. The third-order valence-electron chi connectivity index (χ3n) is 4.61. The normalized spacial score (nSPS) is 10.6. The summed E-state index contributed by atoms with van der Waals surface area (Å²) in [5, 5.41) is 0. The quantitative estimate of drug-likeness (QED) is 0.495. The number of likely N-dealkylation sites (N-methyl/N-ethyl adjacent to an activating group) is 3. The lowest BCUT2D eigenvalue weighted by Crippen LogP contribution is -2.33. The van der Waals surface area contributed by atoms with E-state index < -0.39 is 0 Å². The van der Waals surface area contributed by atoms with Crippen LogP contribution in [0.3, 0.4) is 0 Å². The average Bonchev–Trinajstić information content (AvgIpc) is 2.77. The minimum Gasteiger partial charge on any atom is -0.383 e. The van der Waals surface area contributed by atoms with Crippen molar-refractivity contribution in [1.82, 2.24) is 14.7 Å². The van der Waals surface area contributed by atoms with Crippen LogP contribution in [-0.2, 0) is 14.2 Å². The van der Waals surface area contributed by atoms with Gasteiger partial charge in [0, 0.05) is 78.8 Å². The van der Waals surface area contributed by atoms with Crippen molar-refractivity contribution in [3.05, 3.63) is 34.9 Å². The first-order valence-electron chi connectivity index (χ1n) is 9.65. The van der Waals surface area contributed by atoms with Gasteiger partial charge in [0.15, 0.2) is 0 Å². The van der Waals surface area contributed by atoms with E-state index in [1.807, 2.05) is 0 Å². The van der Waals surface area contributed by atoms with Crippen LogP contribution in [0.1, 0.15) is 31.1 Å². The molecular formula is C21H33N3O6. The number of rotatable bonds is 12. The lowest BCUT2D eigenvalue weighted by molar-refractivity contribution is 0.0739. The van der Waals surface area contributed by atoms with Crippen LogP contribution in [0.25, 0.3) is 0 Å². The molecule has 9 nitrogen and oxygen atoms in total. The first-order valence-corrected chi connectivity index (χ1v) is 9.65. The lowest BCUT2D eigenvalue weighted by atomic mass is 10.0. The zero-order valence-corrected chi connectivity index (χ0v) is 18.8. The molecular weight excluding hydrogens is 390 g/mol. The molecule has 0 aliphatic rings. The molecule has 0 radical (unpaired) electrons. The van der Waals surface area contributed by atoms with E-state index in [0.29, 0.717) is 39.5 Å². The summed E-state index contributed by atoms with van der Waals surface area (Å²) >= 11 is 0. The second-order valence-electron chi connectivity index (χ2n) is 6.96. The molecule has 0 aliphatic carbocycles. The number of amides is 3. The van der Waals surface area contributed by atoms with Crippen molar-refractivity contribution in [3.63, 3.8) is 0 Å². The summed E-state index contributed by atoms with van der Waals surface area (Å²) in [6.07, 6.45) is 0.